The van der Waals surface area contributed by atoms with Gasteiger partial charge >= 0.3 is 0 Å². The molecule has 0 aromatic heterocycles. The summed E-state index contributed by atoms with van der Waals surface area (Å²) in [6.07, 6.45) is 0.504. The van der Waals surface area contributed by atoms with Crippen LogP contribution < -0.4 is 4.90 Å². The summed E-state index contributed by atoms with van der Waals surface area (Å²) < 4.78 is 0. The van der Waals surface area contributed by atoms with Crippen LogP contribution in [-0.4, -0.2) is 11.8 Å². The van der Waals surface area contributed by atoms with Gasteiger partial charge in [-0.1, -0.05) is 23.2 Å². The summed E-state index contributed by atoms with van der Waals surface area (Å²) in [5, 5.41) is 0.907. The Balaban J connectivity index is 2.48. The van der Waals surface area contributed by atoms with E-state index < -0.39 is 0 Å². The van der Waals surface area contributed by atoms with Crippen molar-refractivity contribution in [3.05, 3.63) is 27.7 Å². The molecule has 1 aliphatic rings. The molecule has 2 amide bonds. The number of amides is 2. The zero-order chi connectivity index (χ0) is 11.9. The third-order valence-electron chi connectivity index (χ3n) is 2.58. The maximum Gasteiger partial charge on any atom is 0.234 e. The molecule has 0 N–H and O–H groups in total. The van der Waals surface area contributed by atoms with Crippen LogP contribution >= 0.6 is 23.2 Å². The average Bonchev–Trinajstić information content (AvgIpc) is 2.54. The minimum atomic E-state index is -0.207. The summed E-state index contributed by atoms with van der Waals surface area (Å²) in [6.45, 7) is 1.78. The number of nitrogens with zero attached hydrogens (tertiary/aromatic N) is 1. The number of imide groups is 1. The lowest BCUT2D eigenvalue weighted by atomic mass is 10.2. The van der Waals surface area contributed by atoms with Crippen LogP contribution in [0.4, 0.5) is 5.69 Å². The first-order valence-corrected chi connectivity index (χ1v) is 5.57. The Morgan fingerprint density at radius 3 is 1.94 bits per heavy atom. The molecule has 1 aromatic rings. The second kappa shape index (κ2) is 4.07. The summed E-state index contributed by atoms with van der Waals surface area (Å²) in [7, 11) is 0. The van der Waals surface area contributed by atoms with Crippen molar-refractivity contribution in [1.29, 1.82) is 0 Å². The number of halogens is 2. The fourth-order valence-corrected chi connectivity index (χ4v) is 2.10. The standard InChI is InChI=1S/C11H9Cl2NO2/c1-6-8(12)4-7(5-9(6)13)14-10(15)2-3-11(14)16/h4-5H,2-3H2,1H3. The summed E-state index contributed by atoms with van der Waals surface area (Å²) >= 11 is 11.9. The van der Waals surface area contributed by atoms with Crippen LogP contribution in [0.25, 0.3) is 0 Å². The molecule has 84 valence electrons. The third kappa shape index (κ3) is 1.81. The number of rotatable bonds is 1. The molecule has 0 aliphatic carbocycles. The van der Waals surface area contributed by atoms with Gasteiger partial charge in [0, 0.05) is 22.9 Å². The monoisotopic (exact) mass is 257 g/mol. The maximum absolute atomic E-state index is 11.5. The van der Waals surface area contributed by atoms with Gasteiger partial charge in [-0.15, -0.1) is 0 Å². The molecular weight excluding hydrogens is 249 g/mol. The van der Waals surface area contributed by atoms with Crippen molar-refractivity contribution in [2.75, 3.05) is 4.90 Å². The van der Waals surface area contributed by atoms with Crippen LogP contribution in [-0.2, 0) is 9.59 Å². The van der Waals surface area contributed by atoms with E-state index in [1.165, 1.54) is 0 Å². The number of benzene rings is 1. The van der Waals surface area contributed by atoms with Gasteiger partial charge in [-0.3, -0.25) is 14.5 Å². The van der Waals surface area contributed by atoms with Gasteiger partial charge in [0.2, 0.25) is 11.8 Å². The Hall–Kier alpha value is -1.06. The highest BCUT2D eigenvalue weighted by molar-refractivity contribution is 6.37. The molecule has 0 unspecified atom stereocenters. The number of hydrogen-bond donors (Lipinski definition) is 0. The van der Waals surface area contributed by atoms with E-state index >= 15 is 0 Å². The van der Waals surface area contributed by atoms with Gasteiger partial charge in [-0.05, 0) is 24.6 Å². The van der Waals surface area contributed by atoms with Crippen LogP contribution in [0, 0.1) is 6.92 Å². The van der Waals surface area contributed by atoms with E-state index in [2.05, 4.69) is 0 Å². The van der Waals surface area contributed by atoms with Crippen LogP contribution in [0.1, 0.15) is 18.4 Å². The predicted molar refractivity (Wildman–Crippen MR) is 62.9 cm³/mol. The molecule has 0 bridgehead atoms. The summed E-state index contributed by atoms with van der Waals surface area (Å²) in [6, 6.07) is 3.17. The first-order valence-electron chi connectivity index (χ1n) is 4.82. The Morgan fingerprint density at radius 2 is 1.50 bits per heavy atom. The minimum absolute atomic E-state index is 0.207. The summed E-state index contributed by atoms with van der Waals surface area (Å²) in [5.41, 5.74) is 1.19. The lowest BCUT2D eigenvalue weighted by Gasteiger charge is -2.15. The maximum atomic E-state index is 11.5. The van der Waals surface area contributed by atoms with Crippen molar-refractivity contribution >= 4 is 40.7 Å². The highest BCUT2D eigenvalue weighted by Crippen LogP contribution is 2.32. The molecule has 1 aliphatic heterocycles. The van der Waals surface area contributed by atoms with E-state index in [9.17, 15) is 9.59 Å². The van der Waals surface area contributed by atoms with Crippen LogP contribution in [0.15, 0.2) is 12.1 Å². The molecule has 2 rings (SSSR count). The Kier molecular flexibility index (Phi) is 2.91. The lowest BCUT2D eigenvalue weighted by Crippen LogP contribution is -2.28. The molecule has 16 heavy (non-hydrogen) atoms. The molecule has 1 heterocycles. The molecule has 1 fully saturated rings. The van der Waals surface area contributed by atoms with E-state index in [1.807, 2.05) is 0 Å². The van der Waals surface area contributed by atoms with E-state index in [-0.39, 0.29) is 24.7 Å². The third-order valence-corrected chi connectivity index (χ3v) is 3.36. The number of carbonyl (C=O) groups excluding carboxylic acids is 2. The van der Waals surface area contributed by atoms with Gasteiger partial charge in [0.1, 0.15) is 0 Å². The van der Waals surface area contributed by atoms with Crippen molar-refractivity contribution in [3.8, 4) is 0 Å². The molecule has 0 saturated carbocycles. The van der Waals surface area contributed by atoms with E-state index in [0.29, 0.717) is 15.7 Å². The smallest absolute Gasteiger partial charge is 0.234 e. The van der Waals surface area contributed by atoms with Crippen molar-refractivity contribution in [1.82, 2.24) is 0 Å². The fraction of sp³-hybridized carbons (Fsp3) is 0.273. The fourth-order valence-electron chi connectivity index (χ4n) is 1.63. The normalized spacial score (nSPS) is 16.1. The molecule has 1 saturated heterocycles. The van der Waals surface area contributed by atoms with E-state index in [1.54, 1.807) is 19.1 Å². The van der Waals surface area contributed by atoms with Crippen molar-refractivity contribution < 1.29 is 9.59 Å². The van der Waals surface area contributed by atoms with Crippen LogP contribution in [0.5, 0.6) is 0 Å². The second-order valence-corrected chi connectivity index (χ2v) is 4.47. The highest BCUT2D eigenvalue weighted by atomic mass is 35.5. The minimum Gasteiger partial charge on any atom is -0.274 e. The molecule has 1 aromatic carbocycles. The zero-order valence-electron chi connectivity index (χ0n) is 8.59. The quantitative estimate of drug-likeness (QED) is 0.726. The van der Waals surface area contributed by atoms with Gasteiger partial charge in [0.25, 0.3) is 0 Å². The molecule has 5 heteroatoms. The summed E-state index contributed by atoms with van der Waals surface area (Å²) in [4.78, 5) is 24.2. The number of anilines is 1. The number of carbonyl (C=O) groups is 2. The van der Waals surface area contributed by atoms with Gasteiger partial charge < -0.3 is 0 Å². The lowest BCUT2D eigenvalue weighted by molar-refractivity contribution is -0.121. The average molecular weight is 258 g/mol. The second-order valence-electron chi connectivity index (χ2n) is 3.66. The van der Waals surface area contributed by atoms with Crippen LogP contribution in [0.2, 0.25) is 10.0 Å². The first kappa shape index (κ1) is 11.4. The Labute approximate surface area is 103 Å². The largest absolute Gasteiger partial charge is 0.274 e. The Bertz CT molecular complexity index is 446. The first-order chi connectivity index (χ1) is 7.50. The van der Waals surface area contributed by atoms with E-state index in [4.69, 9.17) is 23.2 Å². The van der Waals surface area contributed by atoms with Crippen molar-refractivity contribution in [2.45, 2.75) is 19.8 Å². The molecule has 0 atom stereocenters. The molecule has 0 spiro atoms. The topological polar surface area (TPSA) is 37.4 Å². The van der Waals surface area contributed by atoms with Gasteiger partial charge in [0.15, 0.2) is 0 Å². The van der Waals surface area contributed by atoms with Crippen LogP contribution in [0.3, 0.4) is 0 Å². The highest BCUT2D eigenvalue weighted by Gasteiger charge is 2.30. The molecule has 0 radical (unpaired) electrons. The van der Waals surface area contributed by atoms with Crippen molar-refractivity contribution in [3.63, 3.8) is 0 Å². The molecule has 3 nitrogen and oxygen atoms in total. The van der Waals surface area contributed by atoms with Gasteiger partial charge in [-0.25, -0.2) is 0 Å². The Morgan fingerprint density at radius 1 is 1.06 bits per heavy atom. The SMILES string of the molecule is Cc1c(Cl)cc(N2C(=O)CCC2=O)cc1Cl. The van der Waals surface area contributed by atoms with E-state index in [0.717, 1.165) is 10.5 Å². The van der Waals surface area contributed by atoms with Gasteiger partial charge in [0.05, 0.1) is 5.69 Å². The zero-order valence-corrected chi connectivity index (χ0v) is 10.1. The van der Waals surface area contributed by atoms with Gasteiger partial charge in [-0.2, -0.15) is 0 Å². The predicted octanol–water partition coefficient (Wildman–Crippen LogP) is 2.96. The summed E-state index contributed by atoms with van der Waals surface area (Å²) in [5.74, 6) is -0.415. The number of hydrogen-bond acceptors (Lipinski definition) is 2. The van der Waals surface area contributed by atoms with Crippen molar-refractivity contribution in [2.24, 2.45) is 0 Å². The molecular formula is C11H9Cl2NO2.